The van der Waals surface area contributed by atoms with Gasteiger partial charge in [0.25, 0.3) is 0 Å². The van der Waals surface area contributed by atoms with Crippen LogP contribution >= 0.6 is 11.6 Å². The summed E-state index contributed by atoms with van der Waals surface area (Å²) < 4.78 is 0. The summed E-state index contributed by atoms with van der Waals surface area (Å²) in [5, 5.41) is 0.747. The van der Waals surface area contributed by atoms with Crippen LogP contribution in [0.2, 0.25) is 5.02 Å². The number of benzene rings is 1. The molecular weight excluding hydrogens is 258 g/mol. The van der Waals surface area contributed by atoms with Gasteiger partial charge in [-0.3, -0.25) is 9.88 Å². The van der Waals surface area contributed by atoms with Gasteiger partial charge in [-0.15, -0.1) is 0 Å². The fourth-order valence-electron chi connectivity index (χ4n) is 2.14. The van der Waals surface area contributed by atoms with E-state index in [9.17, 15) is 0 Å². The molecule has 100 valence electrons. The van der Waals surface area contributed by atoms with Gasteiger partial charge >= 0.3 is 0 Å². The molecule has 0 saturated carbocycles. The zero-order valence-corrected chi connectivity index (χ0v) is 11.7. The van der Waals surface area contributed by atoms with E-state index >= 15 is 0 Å². The Labute approximate surface area is 119 Å². The van der Waals surface area contributed by atoms with Crippen LogP contribution in [0.3, 0.4) is 0 Å². The highest BCUT2D eigenvalue weighted by Gasteiger charge is 2.15. The molecular formula is C15H18ClN3. The van der Waals surface area contributed by atoms with Crippen molar-refractivity contribution >= 4 is 11.6 Å². The van der Waals surface area contributed by atoms with Crippen molar-refractivity contribution in [2.45, 2.75) is 12.6 Å². The van der Waals surface area contributed by atoms with E-state index in [-0.39, 0.29) is 6.04 Å². The molecule has 2 N–H and O–H groups in total. The molecule has 0 spiro atoms. The number of rotatable bonds is 5. The Bertz CT molecular complexity index is 499. The lowest BCUT2D eigenvalue weighted by molar-refractivity contribution is 0.242. The van der Waals surface area contributed by atoms with Crippen molar-refractivity contribution < 1.29 is 0 Å². The molecule has 0 amide bonds. The summed E-state index contributed by atoms with van der Waals surface area (Å²) in [5.74, 6) is 0. The molecule has 1 heterocycles. The van der Waals surface area contributed by atoms with E-state index in [0.29, 0.717) is 6.54 Å². The van der Waals surface area contributed by atoms with E-state index in [0.717, 1.165) is 11.6 Å². The van der Waals surface area contributed by atoms with Crippen molar-refractivity contribution in [3.05, 3.63) is 64.9 Å². The van der Waals surface area contributed by atoms with Gasteiger partial charge in [-0.2, -0.15) is 0 Å². The van der Waals surface area contributed by atoms with Crippen molar-refractivity contribution in [1.29, 1.82) is 0 Å². The smallest absolute Gasteiger partial charge is 0.0470 e. The molecule has 0 radical (unpaired) electrons. The Hall–Kier alpha value is -1.42. The lowest BCUT2D eigenvalue weighted by atomic mass is 10.1. The molecule has 0 bridgehead atoms. The zero-order chi connectivity index (χ0) is 13.7. The fourth-order valence-corrected chi connectivity index (χ4v) is 2.27. The van der Waals surface area contributed by atoms with Crippen molar-refractivity contribution in [2.75, 3.05) is 13.6 Å². The Kier molecular flexibility index (Phi) is 4.91. The van der Waals surface area contributed by atoms with Crippen LogP contribution in [0.1, 0.15) is 17.2 Å². The summed E-state index contributed by atoms with van der Waals surface area (Å²) in [7, 11) is 2.08. The highest BCUT2D eigenvalue weighted by atomic mass is 35.5. The van der Waals surface area contributed by atoms with Crippen LogP contribution in [0.4, 0.5) is 0 Å². The van der Waals surface area contributed by atoms with E-state index in [2.05, 4.69) is 16.9 Å². The second-order valence-electron chi connectivity index (χ2n) is 4.57. The molecule has 1 aromatic heterocycles. The third-order valence-corrected chi connectivity index (χ3v) is 3.44. The zero-order valence-electron chi connectivity index (χ0n) is 11.0. The predicted molar refractivity (Wildman–Crippen MR) is 79.0 cm³/mol. The predicted octanol–water partition coefficient (Wildman–Crippen LogP) is 2.87. The molecule has 19 heavy (non-hydrogen) atoms. The summed E-state index contributed by atoms with van der Waals surface area (Å²) in [6.07, 6.45) is 3.62. The summed E-state index contributed by atoms with van der Waals surface area (Å²) >= 11 is 5.92. The van der Waals surface area contributed by atoms with Crippen LogP contribution in [-0.4, -0.2) is 23.5 Å². The van der Waals surface area contributed by atoms with Crippen molar-refractivity contribution in [1.82, 2.24) is 9.88 Å². The SMILES string of the molecule is CN(Cc1ccncc1)C(CN)c1ccc(Cl)cc1. The largest absolute Gasteiger partial charge is 0.329 e. The van der Waals surface area contributed by atoms with E-state index in [4.69, 9.17) is 17.3 Å². The van der Waals surface area contributed by atoms with Gasteiger partial charge in [-0.25, -0.2) is 0 Å². The van der Waals surface area contributed by atoms with Gasteiger partial charge in [0.2, 0.25) is 0 Å². The minimum Gasteiger partial charge on any atom is -0.329 e. The Morgan fingerprint density at radius 1 is 1.16 bits per heavy atom. The molecule has 1 aromatic carbocycles. The molecule has 1 atom stereocenters. The third-order valence-electron chi connectivity index (χ3n) is 3.19. The van der Waals surface area contributed by atoms with Gasteiger partial charge < -0.3 is 5.73 Å². The second kappa shape index (κ2) is 6.66. The summed E-state index contributed by atoms with van der Waals surface area (Å²) in [4.78, 5) is 6.26. The molecule has 0 aliphatic heterocycles. The minimum atomic E-state index is 0.186. The van der Waals surface area contributed by atoms with Gasteiger partial charge in [0.05, 0.1) is 0 Å². The number of nitrogens with zero attached hydrogens (tertiary/aromatic N) is 2. The van der Waals surface area contributed by atoms with Gasteiger partial charge in [-0.05, 0) is 42.4 Å². The molecule has 1 unspecified atom stereocenters. The Morgan fingerprint density at radius 3 is 2.37 bits per heavy atom. The molecule has 2 aromatic rings. The maximum absolute atomic E-state index is 5.92. The first-order chi connectivity index (χ1) is 9.20. The number of nitrogens with two attached hydrogens (primary N) is 1. The fraction of sp³-hybridized carbons (Fsp3) is 0.267. The van der Waals surface area contributed by atoms with Crippen LogP contribution in [0, 0.1) is 0 Å². The van der Waals surface area contributed by atoms with Crippen molar-refractivity contribution in [2.24, 2.45) is 5.73 Å². The van der Waals surface area contributed by atoms with Crippen LogP contribution in [0.5, 0.6) is 0 Å². The average molecular weight is 276 g/mol. The highest BCUT2D eigenvalue weighted by molar-refractivity contribution is 6.30. The quantitative estimate of drug-likeness (QED) is 0.912. The molecule has 0 aliphatic rings. The van der Waals surface area contributed by atoms with E-state index in [1.165, 1.54) is 11.1 Å². The number of hydrogen-bond donors (Lipinski definition) is 1. The van der Waals surface area contributed by atoms with Crippen LogP contribution in [-0.2, 0) is 6.54 Å². The van der Waals surface area contributed by atoms with Gasteiger partial charge in [-0.1, -0.05) is 23.7 Å². The summed E-state index contributed by atoms with van der Waals surface area (Å²) in [5.41, 5.74) is 8.32. The summed E-state index contributed by atoms with van der Waals surface area (Å²) in [6, 6.07) is 12.1. The van der Waals surface area contributed by atoms with Gasteiger partial charge in [0.15, 0.2) is 0 Å². The maximum Gasteiger partial charge on any atom is 0.0470 e. The average Bonchev–Trinajstić information content (AvgIpc) is 2.43. The third kappa shape index (κ3) is 3.77. The van der Waals surface area contributed by atoms with Crippen LogP contribution in [0.15, 0.2) is 48.8 Å². The normalized spacial score (nSPS) is 12.6. The van der Waals surface area contributed by atoms with E-state index < -0.39 is 0 Å². The van der Waals surface area contributed by atoms with Crippen molar-refractivity contribution in [3.63, 3.8) is 0 Å². The number of halogens is 1. The van der Waals surface area contributed by atoms with E-state index in [1.54, 1.807) is 0 Å². The maximum atomic E-state index is 5.92. The number of likely N-dealkylation sites (N-methyl/N-ethyl adjacent to an activating group) is 1. The summed E-state index contributed by atoms with van der Waals surface area (Å²) in [6.45, 7) is 1.41. The first-order valence-corrected chi connectivity index (χ1v) is 6.63. The second-order valence-corrected chi connectivity index (χ2v) is 5.01. The van der Waals surface area contributed by atoms with Crippen LogP contribution < -0.4 is 5.73 Å². The Balaban J connectivity index is 2.11. The highest BCUT2D eigenvalue weighted by Crippen LogP contribution is 2.21. The number of pyridine rings is 1. The van der Waals surface area contributed by atoms with E-state index in [1.807, 2.05) is 48.8 Å². The first-order valence-electron chi connectivity index (χ1n) is 6.25. The minimum absolute atomic E-state index is 0.186. The standard InChI is InChI=1S/C15H18ClN3/c1-19(11-12-6-8-18-9-7-12)15(10-17)13-2-4-14(16)5-3-13/h2-9,15H,10-11,17H2,1H3. The molecule has 4 heteroatoms. The molecule has 3 nitrogen and oxygen atoms in total. The molecule has 0 saturated heterocycles. The lowest BCUT2D eigenvalue weighted by Gasteiger charge is -2.27. The van der Waals surface area contributed by atoms with Crippen molar-refractivity contribution in [3.8, 4) is 0 Å². The first kappa shape index (κ1) is 14.0. The van der Waals surface area contributed by atoms with Gasteiger partial charge in [0, 0.05) is 36.5 Å². The van der Waals surface area contributed by atoms with Crippen LogP contribution in [0.25, 0.3) is 0 Å². The molecule has 2 rings (SSSR count). The number of hydrogen-bond acceptors (Lipinski definition) is 3. The topological polar surface area (TPSA) is 42.2 Å². The number of aromatic nitrogens is 1. The van der Waals surface area contributed by atoms with Gasteiger partial charge in [0.1, 0.15) is 0 Å². The molecule has 0 aliphatic carbocycles. The Morgan fingerprint density at radius 2 is 1.79 bits per heavy atom. The molecule has 0 fully saturated rings. The lowest BCUT2D eigenvalue weighted by Crippen LogP contribution is -2.30. The monoisotopic (exact) mass is 275 g/mol.